The van der Waals surface area contributed by atoms with Crippen molar-refractivity contribution in [3.8, 4) is 17.0 Å². The predicted octanol–water partition coefficient (Wildman–Crippen LogP) is 4.18. The quantitative estimate of drug-likeness (QED) is 0.629. The van der Waals surface area contributed by atoms with Crippen LogP contribution in [0.1, 0.15) is 48.3 Å². The Kier molecular flexibility index (Phi) is 5.78. The van der Waals surface area contributed by atoms with Crippen LogP contribution in [0.4, 0.5) is 4.39 Å². The molecule has 1 aromatic carbocycles. The van der Waals surface area contributed by atoms with Crippen LogP contribution in [0.3, 0.4) is 0 Å². The van der Waals surface area contributed by atoms with Crippen molar-refractivity contribution in [2.75, 3.05) is 14.2 Å². The van der Waals surface area contributed by atoms with E-state index in [1.54, 1.807) is 23.9 Å². The van der Waals surface area contributed by atoms with Gasteiger partial charge in [-0.3, -0.25) is 9.20 Å². The van der Waals surface area contributed by atoms with Crippen LogP contribution in [-0.2, 0) is 4.74 Å². The number of benzene rings is 1. The molecule has 2 aromatic heterocycles. The highest BCUT2D eigenvalue weighted by molar-refractivity contribution is 5.98. The summed E-state index contributed by atoms with van der Waals surface area (Å²) in [6, 6.07) is 6.40. The van der Waals surface area contributed by atoms with Crippen LogP contribution < -0.4 is 10.1 Å². The predicted molar refractivity (Wildman–Crippen MR) is 122 cm³/mol. The van der Waals surface area contributed by atoms with Crippen molar-refractivity contribution in [1.82, 2.24) is 19.7 Å². The second-order valence-electron chi connectivity index (χ2n) is 9.24. The minimum atomic E-state index is -0.410. The SMILES string of the molecule is COc1cc(F)cc(-c2cc(C)n3cnc(C(=O)NC4C[C@H]5CCC[C@@H](C4)C5OC)c3n2)c1. The Morgan fingerprint density at radius 2 is 1.91 bits per heavy atom. The Morgan fingerprint density at radius 3 is 2.61 bits per heavy atom. The molecule has 1 N–H and O–H groups in total. The molecule has 2 aliphatic carbocycles. The van der Waals surface area contributed by atoms with Crippen LogP contribution in [0.5, 0.6) is 5.75 Å². The van der Waals surface area contributed by atoms with Crippen molar-refractivity contribution in [2.45, 2.75) is 51.2 Å². The number of hydrogen-bond acceptors (Lipinski definition) is 5. The lowest BCUT2D eigenvalue weighted by molar-refractivity contribution is -0.0533. The van der Waals surface area contributed by atoms with Gasteiger partial charge in [0, 0.05) is 30.5 Å². The number of carbonyl (C=O) groups is 1. The van der Waals surface area contributed by atoms with E-state index in [0.29, 0.717) is 40.6 Å². The highest BCUT2D eigenvalue weighted by Crippen LogP contribution is 2.41. The zero-order valence-corrected chi connectivity index (χ0v) is 19.2. The molecule has 33 heavy (non-hydrogen) atoms. The average molecular weight is 453 g/mol. The Labute approximate surface area is 192 Å². The molecule has 2 heterocycles. The van der Waals surface area contributed by atoms with Gasteiger partial charge in [-0.1, -0.05) is 6.42 Å². The summed E-state index contributed by atoms with van der Waals surface area (Å²) in [7, 11) is 3.29. The molecule has 2 aliphatic rings. The number of ether oxygens (including phenoxy) is 2. The van der Waals surface area contributed by atoms with Crippen LogP contribution in [0.2, 0.25) is 0 Å². The summed E-state index contributed by atoms with van der Waals surface area (Å²) in [5, 5.41) is 3.20. The van der Waals surface area contributed by atoms with Crippen LogP contribution in [0, 0.1) is 24.6 Å². The number of halogens is 1. The molecule has 0 saturated heterocycles. The lowest BCUT2D eigenvalue weighted by atomic mass is 9.68. The Bertz CT molecular complexity index is 1180. The number of carbonyl (C=O) groups excluding carboxylic acids is 1. The Balaban J connectivity index is 1.43. The van der Waals surface area contributed by atoms with Gasteiger partial charge in [-0.15, -0.1) is 0 Å². The molecule has 2 saturated carbocycles. The van der Waals surface area contributed by atoms with Gasteiger partial charge in [0.2, 0.25) is 0 Å². The minimum absolute atomic E-state index is 0.104. The van der Waals surface area contributed by atoms with Crippen LogP contribution in [-0.4, -0.2) is 46.6 Å². The summed E-state index contributed by atoms with van der Waals surface area (Å²) >= 11 is 0. The third-order valence-electron chi connectivity index (χ3n) is 7.17. The van der Waals surface area contributed by atoms with E-state index in [2.05, 4.69) is 15.3 Å². The first-order chi connectivity index (χ1) is 16.0. The van der Waals surface area contributed by atoms with E-state index in [9.17, 15) is 9.18 Å². The van der Waals surface area contributed by atoms with Gasteiger partial charge in [-0.2, -0.15) is 0 Å². The van der Waals surface area contributed by atoms with Crippen LogP contribution in [0.15, 0.2) is 30.6 Å². The van der Waals surface area contributed by atoms with Gasteiger partial charge in [0.05, 0.1) is 18.9 Å². The number of hydrogen-bond donors (Lipinski definition) is 1. The first-order valence-electron chi connectivity index (χ1n) is 11.5. The lowest BCUT2D eigenvalue weighted by Crippen LogP contribution is -2.49. The van der Waals surface area contributed by atoms with E-state index in [4.69, 9.17) is 9.47 Å². The van der Waals surface area contributed by atoms with Gasteiger partial charge in [0.15, 0.2) is 11.3 Å². The maximum Gasteiger partial charge on any atom is 0.274 e. The van der Waals surface area contributed by atoms with Gasteiger partial charge in [0.25, 0.3) is 5.91 Å². The first kappa shape index (κ1) is 21.8. The molecule has 3 aromatic rings. The molecular formula is C25H29FN4O3. The summed E-state index contributed by atoms with van der Waals surface area (Å²) in [5.41, 5.74) is 2.72. The number of rotatable bonds is 5. The first-order valence-corrected chi connectivity index (χ1v) is 11.5. The molecule has 0 radical (unpaired) electrons. The second-order valence-corrected chi connectivity index (χ2v) is 9.24. The number of imidazole rings is 1. The fourth-order valence-corrected chi connectivity index (χ4v) is 5.70. The highest BCUT2D eigenvalue weighted by Gasteiger charge is 2.41. The van der Waals surface area contributed by atoms with E-state index in [0.717, 1.165) is 31.4 Å². The fraction of sp³-hybridized carbons (Fsp3) is 0.480. The molecule has 2 bridgehead atoms. The number of nitrogens with one attached hydrogen (secondary N) is 1. The van der Waals surface area contributed by atoms with Gasteiger partial charge in [0.1, 0.15) is 17.9 Å². The normalized spacial score (nSPS) is 24.6. The number of aryl methyl sites for hydroxylation is 1. The highest BCUT2D eigenvalue weighted by atomic mass is 19.1. The fourth-order valence-electron chi connectivity index (χ4n) is 5.70. The van der Waals surface area contributed by atoms with Crippen molar-refractivity contribution >= 4 is 11.6 Å². The van der Waals surface area contributed by atoms with Crippen molar-refractivity contribution in [3.05, 3.63) is 47.8 Å². The summed E-state index contributed by atoms with van der Waals surface area (Å²) in [6.07, 6.45) is 7.29. The maximum absolute atomic E-state index is 14.1. The zero-order chi connectivity index (χ0) is 23.1. The molecule has 7 nitrogen and oxygen atoms in total. The van der Waals surface area contributed by atoms with Crippen molar-refractivity contribution < 1.29 is 18.7 Å². The van der Waals surface area contributed by atoms with E-state index >= 15 is 0 Å². The Morgan fingerprint density at radius 1 is 1.15 bits per heavy atom. The molecule has 2 unspecified atom stereocenters. The molecule has 0 aliphatic heterocycles. The molecule has 4 atom stereocenters. The molecule has 0 spiro atoms. The number of fused-ring (bicyclic) bond motifs is 3. The summed E-state index contributed by atoms with van der Waals surface area (Å²) in [6.45, 7) is 1.91. The molecule has 8 heteroatoms. The van der Waals surface area contributed by atoms with Gasteiger partial charge >= 0.3 is 0 Å². The molecule has 1 amide bonds. The lowest BCUT2D eigenvalue weighted by Gasteiger charge is -2.45. The molecule has 2 fully saturated rings. The Hall–Kier alpha value is -3.00. The minimum Gasteiger partial charge on any atom is -0.497 e. The number of methoxy groups -OCH3 is 2. The van der Waals surface area contributed by atoms with Crippen molar-refractivity contribution in [3.63, 3.8) is 0 Å². The second kappa shape index (κ2) is 8.74. The third-order valence-corrected chi connectivity index (χ3v) is 7.17. The molecule has 174 valence electrons. The molecule has 5 rings (SSSR count). The largest absolute Gasteiger partial charge is 0.497 e. The summed E-state index contributed by atoms with van der Waals surface area (Å²) in [5.74, 6) is 0.751. The average Bonchev–Trinajstić information content (AvgIpc) is 3.23. The van der Waals surface area contributed by atoms with E-state index in [1.807, 2.05) is 13.0 Å². The summed E-state index contributed by atoms with van der Waals surface area (Å²) < 4.78 is 26.8. The van der Waals surface area contributed by atoms with Crippen molar-refractivity contribution in [2.24, 2.45) is 11.8 Å². The van der Waals surface area contributed by atoms with Crippen molar-refractivity contribution in [1.29, 1.82) is 0 Å². The van der Waals surface area contributed by atoms with Gasteiger partial charge in [-0.05, 0) is 62.6 Å². The van der Waals surface area contributed by atoms with Gasteiger partial charge in [-0.25, -0.2) is 14.4 Å². The number of nitrogens with zero attached hydrogens (tertiary/aromatic N) is 3. The maximum atomic E-state index is 14.1. The van der Waals surface area contributed by atoms with Crippen LogP contribution >= 0.6 is 0 Å². The summed E-state index contributed by atoms with van der Waals surface area (Å²) in [4.78, 5) is 22.3. The topological polar surface area (TPSA) is 77.8 Å². The number of aromatic nitrogens is 3. The third kappa shape index (κ3) is 4.08. The van der Waals surface area contributed by atoms with Crippen LogP contribution in [0.25, 0.3) is 16.9 Å². The standard InChI is InChI=1S/C25H29FN4O3/c1-14-7-21(17-8-18(26)12-20(11-17)32-2)29-24-22(27-13-30(14)24)25(31)28-19-9-15-5-4-6-16(10-19)23(15)33-3/h7-8,11-13,15-16,19,23H,4-6,9-10H2,1-3H3,(H,28,31)/t15-,16+,19?,23?. The molecular weight excluding hydrogens is 423 g/mol. The number of amides is 1. The van der Waals surface area contributed by atoms with E-state index in [-0.39, 0.29) is 17.6 Å². The zero-order valence-electron chi connectivity index (χ0n) is 19.2. The van der Waals surface area contributed by atoms with Gasteiger partial charge < -0.3 is 14.8 Å². The van der Waals surface area contributed by atoms with E-state index < -0.39 is 5.82 Å². The van der Waals surface area contributed by atoms with E-state index in [1.165, 1.54) is 25.7 Å². The monoisotopic (exact) mass is 452 g/mol. The smallest absolute Gasteiger partial charge is 0.274 e.